The third-order valence-electron chi connectivity index (χ3n) is 2.70. The van der Waals surface area contributed by atoms with Gasteiger partial charge in [0.05, 0.1) is 7.11 Å². The van der Waals surface area contributed by atoms with Crippen molar-refractivity contribution in [2.75, 3.05) is 7.11 Å². The van der Waals surface area contributed by atoms with Crippen molar-refractivity contribution in [2.45, 2.75) is 6.92 Å². The summed E-state index contributed by atoms with van der Waals surface area (Å²) in [5.74, 6) is -1.11. The molecule has 0 radical (unpaired) electrons. The minimum absolute atomic E-state index is 0.0325. The summed E-state index contributed by atoms with van der Waals surface area (Å²) in [4.78, 5) is 34.5. The minimum Gasteiger partial charge on any atom is -0.493 e. The zero-order valence-electron chi connectivity index (χ0n) is 11.8. The molecule has 0 aliphatic carbocycles. The van der Waals surface area contributed by atoms with Crippen LogP contribution in [0.4, 0.5) is 0 Å². The Balaban J connectivity index is 2.35. The SMILES string of the molecule is COc1cc(C=C2C(=O)NC(=S)NC2=O)ccc1OC(C)=O. The van der Waals surface area contributed by atoms with Crippen LogP contribution in [0.3, 0.4) is 0 Å². The van der Waals surface area contributed by atoms with Gasteiger partial charge < -0.3 is 9.47 Å². The van der Waals surface area contributed by atoms with Crippen molar-refractivity contribution in [3.05, 3.63) is 29.3 Å². The van der Waals surface area contributed by atoms with Gasteiger partial charge in [0.2, 0.25) is 0 Å². The Morgan fingerprint density at radius 1 is 1.18 bits per heavy atom. The molecule has 0 spiro atoms. The molecule has 1 heterocycles. The van der Waals surface area contributed by atoms with Crippen LogP contribution in [0.5, 0.6) is 11.5 Å². The Hall–Kier alpha value is -2.74. The molecule has 2 N–H and O–H groups in total. The second-order valence-corrected chi connectivity index (χ2v) is 4.71. The summed E-state index contributed by atoms with van der Waals surface area (Å²) in [6.07, 6.45) is 1.38. The molecule has 8 heteroatoms. The summed E-state index contributed by atoms with van der Waals surface area (Å²) in [7, 11) is 1.41. The highest BCUT2D eigenvalue weighted by molar-refractivity contribution is 7.80. The highest BCUT2D eigenvalue weighted by atomic mass is 32.1. The molecule has 0 saturated carbocycles. The first-order valence-corrected chi connectivity index (χ1v) is 6.56. The van der Waals surface area contributed by atoms with E-state index in [0.717, 1.165) is 0 Å². The monoisotopic (exact) mass is 320 g/mol. The molecular weight excluding hydrogens is 308 g/mol. The van der Waals surface area contributed by atoms with Gasteiger partial charge >= 0.3 is 5.97 Å². The molecule has 1 saturated heterocycles. The van der Waals surface area contributed by atoms with Gasteiger partial charge in [0.25, 0.3) is 11.8 Å². The lowest BCUT2D eigenvalue weighted by Crippen LogP contribution is -2.51. The maximum atomic E-state index is 11.8. The summed E-state index contributed by atoms with van der Waals surface area (Å²) < 4.78 is 10.1. The van der Waals surface area contributed by atoms with Gasteiger partial charge in [0.15, 0.2) is 16.6 Å². The first-order valence-electron chi connectivity index (χ1n) is 6.15. The molecule has 2 amide bonds. The third-order valence-corrected chi connectivity index (χ3v) is 2.90. The van der Waals surface area contributed by atoms with E-state index in [0.29, 0.717) is 11.3 Å². The van der Waals surface area contributed by atoms with Crippen LogP contribution in [0, 0.1) is 0 Å². The van der Waals surface area contributed by atoms with Crippen molar-refractivity contribution < 1.29 is 23.9 Å². The standard InChI is InChI=1S/C14H12N2O5S/c1-7(17)21-10-4-3-8(6-11(10)20-2)5-9-12(18)15-14(22)16-13(9)19/h3-6H,1-2H3,(H2,15,16,18,19,22). The number of esters is 1. The molecule has 1 aliphatic rings. The van der Waals surface area contributed by atoms with Gasteiger partial charge in [-0.2, -0.15) is 0 Å². The topological polar surface area (TPSA) is 93.7 Å². The van der Waals surface area contributed by atoms with Gasteiger partial charge in [0.1, 0.15) is 5.57 Å². The lowest BCUT2D eigenvalue weighted by Gasteiger charge is -2.16. The molecular formula is C14H12N2O5S. The summed E-state index contributed by atoms with van der Waals surface area (Å²) in [5.41, 5.74) is 0.441. The molecule has 0 unspecified atom stereocenters. The van der Waals surface area contributed by atoms with Crippen LogP contribution >= 0.6 is 12.2 Å². The van der Waals surface area contributed by atoms with E-state index in [1.807, 2.05) is 0 Å². The highest BCUT2D eigenvalue weighted by Gasteiger charge is 2.25. The number of benzene rings is 1. The van der Waals surface area contributed by atoms with Gasteiger partial charge in [-0.3, -0.25) is 25.0 Å². The van der Waals surface area contributed by atoms with E-state index in [1.54, 1.807) is 12.1 Å². The van der Waals surface area contributed by atoms with E-state index in [4.69, 9.17) is 21.7 Å². The Bertz CT molecular complexity index is 689. The minimum atomic E-state index is -0.586. The maximum absolute atomic E-state index is 11.8. The number of carbonyl (C=O) groups is 3. The molecule has 22 heavy (non-hydrogen) atoms. The van der Waals surface area contributed by atoms with E-state index >= 15 is 0 Å². The summed E-state index contributed by atoms with van der Waals surface area (Å²) >= 11 is 4.71. The third kappa shape index (κ3) is 3.47. The smallest absolute Gasteiger partial charge is 0.308 e. The van der Waals surface area contributed by atoms with E-state index in [1.165, 1.54) is 26.2 Å². The Labute approximate surface area is 131 Å². The van der Waals surface area contributed by atoms with E-state index in [9.17, 15) is 14.4 Å². The predicted molar refractivity (Wildman–Crippen MR) is 81.2 cm³/mol. The van der Waals surface area contributed by atoms with Crippen LogP contribution in [0.2, 0.25) is 0 Å². The number of rotatable bonds is 3. The average Bonchev–Trinajstić information content (AvgIpc) is 2.43. The van der Waals surface area contributed by atoms with E-state index in [2.05, 4.69) is 10.6 Å². The first kappa shape index (κ1) is 15.6. The van der Waals surface area contributed by atoms with Crippen LogP contribution in [0.25, 0.3) is 6.08 Å². The summed E-state index contributed by atoms with van der Waals surface area (Å²) in [6, 6.07) is 4.63. The number of amides is 2. The lowest BCUT2D eigenvalue weighted by atomic mass is 10.1. The van der Waals surface area contributed by atoms with Crippen molar-refractivity contribution in [3.63, 3.8) is 0 Å². The second-order valence-electron chi connectivity index (χ2n) is 4.30. The molecule has 114 valence electrons. The van der Waals surface area contributed by atoms with Crippen molar-refractivity contribution in [2.24, 2.45) is 0 Å². The van der Waals surface area contributed by atoms with Crippen LogP contribution in [0.15, 0.2) is 23.8 Å². The van der Waals surface area contributed by atoms with Crippen molar-refractivity contribution in [1.29, 1.82) is 0 Å². The molecule has 1 aromatic carbocycles. The van der Waals surface area contributed by atoms with Gasteiger partial charge in [0, 0.05) is 6.92 Å². The number of thiocarbonyl (C=S) groups is 1. The summed E-state index contributed by atoms with van der Waals surface area (Å²) in [5, 5.41) is 4.64. The molecule has 0 atom stereocenters. The number of carbonyl (C=O) groups excluding carboxylic acids is 3. The first-order chi connectivity index (χ1) is 10.4. The average molecular weight is 320 g/mol. The Morgan fingerprint density at radius 3 is 2.36 bits per heavy atom. The van der Waals surface area contributed by atoms with Crippen molar-refractivity contribution in [1.82, 2.24) is 10.6 Å². The zero-order chi connectivity index (χ0) is 16.3. The molecule has 1 fully saturated rings. The number of nitrogens with one attached hydrogen (secondary N) is 2. The van der Waals surface area contributed by atoms with Crippen molar-refractivity contribution >= 4 is 41.2 Å². The number of methoxy groups -OCH3 is 1. The van der Waals surface area contributed by atoms with Gasteiger partial charge in [-0.15, -0.1) is 0 Å². The molecule has 0 aromatic heterocycles. The van der Waals surface area contributed by atoms with E-state index < -0.39 is 17.8 Å². The second kappa shape index (κ2) is 6.35. The molecule has 0 bridgehead atoms. The molecule has 1 aromatic rings. The van der Waals surface area contributed by atoms with Crippen LogP contribution in [-0.4, -0.2) is 30.0 Å². The maximum Gasteiger partial charge on any atom is 0.308 e. The largest absolute Gasteiger partial charge is 0.493 e. The highest BCUT2D eigenvalue weighted by Crippen LogP contribution is 2.29. The van der Waals surface area contributed by atoms with Gasteiger partial charge in [-0.25, -0.2) is 0 Å². The predicted octanol–water partition coefficient (Wildman–Crippen LogP) is 0.535. The molecule has 2 rings (SSSR count). The van der Waals surface area contributed by atoms with Gasteiger partial charge in [-0.05, 0) is 36.0 Å². The number of hydrogen-bond donors (Lipinski definition) is 2. The Kier molecular flexibility index (Phi) is 4.52. The van der Waals surface area contributed by atoms with Crippen LogP contribution < -0.4 is 20.1 Å². The Morgan fingerprint density at radius 2 is 1.82 bits per heavy atom. The fraction of sp³-hybridized carbons (Fsp3) is 0.143. The quantitative estimate of drug-likeness (QED) is 0.277. The van der Waals surface area contributed by atoms with Crippen LogP contribution in [0.1, 0.15) is 12.5 Å². The fourth-order valence-corrected chi connectivity index (χ4v) is 1.97. The molecule has 1 aliphatic heterocycles. The molecule has 7 nitrogen and oxygen atoms in total. The van der Waals surface area contributed by atoms with Crippen molar-refractivity contribution in [3.8, 4) is 11.5 Å². The van der Waals surface area contributed by atoms with E-state index in [-0.39, 0.29) is 16.4 Å². The number of ether oxygens (including phenoxy) is 2. The lowest BCUT2D eigenvalue weighted by molar-refractivity contribution is -0.132. The fourth-order valence-electron chi connectivity index (χ4n) is 1.79. The zero-order valence-corrected chi connectivity index (χ0v) is 12.6. The van der Waals surface area contributed by atoms with Gasteiger partial charge in [-0.1, -0.05) is 6.07 Å². The van der Waals surface area contributed by atoms with Crippen LogP contribution in [-0.2, 0) is 14.4 Å². The number of hydrogen-bond acceptors (Lipinski definition) is 6. The summed E-state index contributed by atoms with van der Waals surface area (Å²) in [6.45, 7) is 1.27. The normalized spacial score (nSPS) is 14.1.